The number of benzene rings is 1. The SMILES string of the molecule is O=C(O)c1ccc(C(F)(F)F)nc1Oc1ccccc1Br. The van der Waals surface area contributed by atoms with Crippen LogP contribution in [0.1, 0.15) is 16.1 Å². The smallest absolute Gasteiger partial charge is 0.433 e. The van der Waals surface area contributed by atoms with Crippen molar-refractivity contribution in [3.8, 4) is 11.6 Å². The van der Waals surface area contributed by atoms with E-state index in [0.717, 1.165) is 6.07 Å². The maximum absolute atomic E-state index is 12.6. The summed E-state index contributed by atoms with van der Waals surface area (Å²) in [4.78, 5) is 14.3. The molecule has 0 fully saturated rings. The summed E-state index contributed by atoms with van der Waals surface area (Å²) in [5.41, 5.74) is -1.69. The number of hydrogen-bond acceptors (Lipinski definition) is 3. The quantitative estimate of drug-likeness (QED) is 0.882. The van der Waals surface area contributed by atoms with Crippen molar-refractivity contribution in [3.05, 3.63) is 52.1 Å². The molecule has 2 aromatic rings. The lowest BCUT2D eigenvalue weighted by molar-refractivity contribution is -0.141. The number of carbonyl (C=O) groups is 1. The van der Waals surface area contributed by atoms with Crippen LogP contribution >= 0.6 is 15.9 Å². The number of halogens is 4. The molecule has 0 saturated heterocycles. The van der Waals surface area contributed by atoms with Crippen LogP contribution in [0.15, 0.2) is 40.9 Å². The van der Waals surface area contributed by atoms with Crippen LogP contribution in [0.2, 0.25) is 0 Å². The van der Waals surface area contributed by atoms with E-state index in [1.165, 1.54) is 6.07 Å². The first-order valence-electron chi connectivity index (χ1n) is 5.53. The normalized spacial score (nSPS) is 11.2. The van der Waals surface area contributed by atoms with Gasteiger partial charge in [-0.15, -0.1) is 0 Å². The lowest BCUT2D eigenvalue weighted by Gasteiger charge is -2.12. The summed E-state index contributed by atoms with van der Waals surface area (Å²) in [6, 6.07) is 7.74. The van der Waals surface area contributed by atoms with Crippen LogP contribution in [-0.4, -0.2) is 16.1 Å². The van der Waals surface area contributed by atoms with Crippen molar-refractivity contribution in [1.82, 2.24) is 4.98 Å². The van der Waals surface area contributed by atoms with Crippen molar-refractivity contribution < 1.29 is 27.8 Å². The van der Waals surface area contributed by atoms with Gasteiger partial charge in [-0.25, -0.2) is 9.78 Å². The molecule has 110 valence electrons. The lowest BCUT2D eigenvalue weighted by Crippen LogP contribution is -2.11. The highest BCUT2D eigenvalue weighted by Crippen LogP contribution is 2.34. The summed E-state index contributed by atoms with van der Waals surface area (Å²) in [7, 11) is 0. The van der Waals surface area contributed by atoms with E-state index in [4.69, 9.17) is 9.84 Å². The average molecular weight is 362 g/mol. The Hall–Kier alpha value is -2.09. The van der Waals surface area contributed by atoms with Gasteiger partial charge >= 0.3 is 12.1 Å². The van der Waals surface area contributed by atoms with Crippen LogP contribution in [0.3, 0.4) is 0 Å². The molecule has 0 saturated carbocycles. The van der Waals surface area contributed by atoms with Gasteiger partial charge in [0.2, 0.25) is 5.88 Å². The highest BCUT2D eigenvalue weighted by atomic mass is 79.9. The predicted octanol–water partition coefficient (Wildman–Crippen LogP) is 4.35. The van der Waals surface area contributed by atoms with Crippen LogP contribution in [0.5, 0.6) is 11.6 Å². The third kappa shape index (κ3) is 3.52. The van der Waals surface area contributed by atoms with Crippen LogP contribution < -0.4 is 4.74 Å². The van der Waals surface area contributed by atoms with E-state index >= 15 is 0 Å². The van der Waals surface area contributed by atoms with Crippen LogP contribution in [-0.2, 0) is 6.18 Å². The Labute approximate surface area is 125 Å². The second kappa shape index (κ2) is 5.72. The highest BCUT2D eigenvalue weighted by Gasteiger charge is 2.34. The zero-order chi connectivity index (χ0) is 15.6. The van der Waals surface area contributed by atoms with Gasteiger partial charge in [-0.05, 0) is 40.2 Å². The molecule has 0 aliphatic rings. The van der Waals surface area contributed by atoms with Gasteiger partial charge in [-0.1, -0.05) is 12.1 Å². The van der Waals surface area contributed by atoms with Crippen molar-refractivity contribution >= 4 is 21.9 Å². The van der Waals surface area contributed by atoms with Crippen molar-refractivity contribution in [2.45, 2.75) is 6.18 Å². The summed E-state index contributed by atoms with van der Waals surface area (Å²) in [6.07, 6.45) is -4.69. The standard InChI is InChI=1S/C13H7BrF3NO3/c14-8-3-1-2-4-9(8)21-11-7(12(19)20)5-6-10(18-11)13(15,16)17/h1-6H,(H,19,20). The number of carboxylic acid groups (broad SMARTS) is 1. The minimum Gasteiger partial charge on any atom is -0.477 e. The number of ether oxygens (including phenoxy) is 1. The first-order valence-corrected chi connectivity index (χ1v) is 6.32. The molecule has 4 nitrogen and oxygen atoms in total. The van der Waals surface area contributed by atoms with Gasteiger partial charge in [-0.2, -0.15) is 13.2 Å². The molecule has 0 radical (unpaired) electrons. The second-order valence-electron chi connectivity index (χ2n) is 3.88. The third-order valence-electron chi connectivity index (χ3n) is 2.42. The van der Waals surface area contributed by atoms with E-state index in [0.29, 0.717) is 10.5 Å². The number of alkyl halides is 3. The average Bonchev–Trinajstić information content (AvgIpc) is 2.40. The molecule has 0 amide bonds. The number of rotatable bonds is 3. The second-order valence-corrected chi connectivity index (χ2v) is 4.74. The molecule has 0 aliphatic carbocycles. The predicted molar refractivity (Wildman–Crippen MR) is 70.4 cm³/mol. The molecule has 1 heterocycles. The van der Waals surface area contributed by atoms with Crippen molar-refractivity contribution in [2.24, 2.45) is 0 Å². The molecular weight excluding hydrogens is 355 g/mol. The topological polar surface area (TPSA) is 59.4 Å². The van der Waals surface area contributed by atoms with E-state index in [1.54, 1.807) is 18.2 Å². The molecule has 1 aromatic carbocycles. The van der Waals surface area contributed by atoms with Crippen molar-refractivity contribution in [3.63, 3.8) is 0 Å². The van der Waals surface area contributed by atoms with Crippen LogP contribution in [0, 0.1) is 0 Å². The number of carboxylic acids is 1. The molecule has 21 heavy (non-hydrogen) atoms. The molecule has 8 heteroatoms. The molecule has 0 aliphatic heterocycles. The molecule has 1 aromatic heterocycles. The Morgan fingerprint density at radius 1 is 1.19 bits per heavy atom. The van der Waals surface area contributed by atoms with E-state index < -0.39 is 29.3 Å². The monoisotopic (exact) mass is 361 g/mol. The summed E-state index contributed by atoms with van der Waals surface area (Å²) in [6.45, 7) is 0. The summed E-state index contributed by atoms with van der Waals surface area (Å²) in [5.74, 6) is -1.89. The Kier molecular flexibility index (Phi) is 4.17. The number of aromatic carboxylic acids is 1. The highest BCUT2D eigenvalue weighted by molar-refractivity contribution is 9.10. The van der Waals surface area contributed by atoms with Gasteiger partial charge in [-0.3, -0.25) is 0 Å². The summed E-state index contributed by atoms with van der Waals surface area (Å²) < 4.78 is 43.6. The number of pyridine rings is 1. The van der Waals surface area contributed by atoms with E-state index in [9.17, 15) is 18.0 Å². The van der Waals surface area contributed by atoms with Gasteiger partial charge in [0.25, 0.3) is 0 Å². The summed E-state index contributed by atoms with van der Waals surface area (Å²) >= 11 is 3.15. The fourth-order valence-electron chi connectivity index (χ4n) is 1.47. The zero-order valence-electron chi connectivity index (χ0n) is 10.2. The van der Waals surface area contributed by atoms with Crippen LogP contribution in [0.25, 0.3) is 0 Å². The molecular formula is C13H7BrF3NO3. The number of para-hydroxylation sites is 1. The minimum atomic E-state index is -4.69. The molecule has 2 rings (SSSR count). The molecule has 0 unspecified atom stereocenters. The first kappa shape index (κ1) is 15.3. The fraction of sp³-hybridized carbons (Fsp3) is 0.0769. The number of aromatic nitrogens is 1. The van der Waals surface area contributed by atoms with Crippen molar-refractivity contribution in [1.29, 1.82) is 0 Å². The van der Waals surface area contributed by atoms with E-state index in [1.807, 2.05) is 0 Å². The maximum atomic E-state index is 12.6. The first-order chi connectivity index (χ1) is 9.79. The van der Waals surface area contributed by atoms with Gasteiger partial charge in [0.15, 0.2) is 0 Å². The van der Waals surface area contributed by atoms with Gasteiger partial charge in [0, 0.05) is 0 Å². The Bertz CT molecular complexity index is 689. The largest absolute Gasteiger partial charge is 0.477 e. The molecule has 0 atom stereocenters. The Balaban J connectivity index is 2.49. The lowest BCUT2D eigenvalue weighted by atomic mass is 10.2. The van der Waals surface area contributed by atoms with Crippen LogP contribution in [0.4, 0.5) is 13.2 Å². The third-order valence-corrected chi connectivity index (χ3v) is 3.08. The minimum absolute atomic E-state index is 0.159. The van der Waals surface area contributed by atoms with Gasteiger partial charge in [0.05, 0.1) is 4.47 Å². The number of hydrogen-bond donors (Lipinski definition) is 1. The number of nitrogens with zero attached hydrogens (tertiary/aromatic N) is 1. The molecule has 0 bridgehead atoms. The van der Waals surface area contributed by atoms with Gasteiger partial charge in [0.1, 0.15) is 17.0 Å². The molecule has 0 spiro atoms. The summed E-state index contributed by atoms with van der Waals surface area (Å²) in [5, 5.41) is 8.99. The van der Waals surface area contributed by atoms with Gasteiger partial charge < -0.3 is 9.84 Å². The molecule has 1 N–H and O–H groups in total. The fourth-order valence-corrected chi connectivity index (χ4v) is 1.84. The van der Waals surface area contributed by atoms with Crippen molar-refractivity contribution in [2.75, 3.05) is 0 Å². The van der Waals surface area contributed by atoms with E-state index in [2.05, 4.69) is 20.9 Å². The van der Waals surface area contributed by atoms with E-state index in [-0.39, 0.29) is 5.75 Å². The Morgan fingerprint density at radius 3 is 2.43 bits per heavy atom. The Morgan fingerprint density at radius 2 is 1.86 bits per heavy atom. The zero-order valence-corrected chi connectivity index (χ0v) is 11.8. The maximum Gasteiger partial charge on any atom is 0.433 e.